The van der Waals surface area contributed by atoms with E-state index in [2.05, 4.69) is 0 Å². The maximum Gasteiger partial charge on any atom is 0.146 e. The van der Waals surface area contributed by atoms with E-state index in [1.165, 1.54) is 6.07 Å². The van der Waals surface area contributed by atoms with Crippen LogP contribution in [0.2, 0.25) is 5.02 Å². The summed E-state index contributed by atoms with van der Waals surface area (Å²) in [6, 6.07) is 12.2. The van der Waals surface area contributed by atoms with Crippen LogP contribution in [0.5, 0.6) is 0 Å². The molecule has 0 aliphatic heterocycles. The molecular weight excluding hydrogens is 284 g/mol. The van der Waals surface area contributed by atoms with Crippen molar-refractivity contribution >= 4 is 34.6 Å². The van der Waals surface area contributed by atoms with Crippen LogP contribution in [0.1, 0.15) is 12.5 Å². The number of benzene rings is 2. The normalized spacial score (nSPS) is 10.5. The molecule has 0 saturated heterocycles. The molecule has 0 aromatic heterocycles. The van der Waals surface area contributed by atoms with Crippen molar-refractivity contribution in [1.82, 2.24) is 0 Å². The Hall–Kier alpha value is -1.25. The lowest BCUT2D eigenvalue weighted by molar-refractivity contribution is 0.625. The van der Waals surface area contributed by atoms with Crippen molar-refractivity contribution in [1.29, 1.82) is 0 Å². The van der Waals surface area contributed by atoms with Crippen LogP contribution in [0.3, 0.4) is 0 Å². The molecular formula is C15H14Cl2FN. The van der Waals surface area contributed by atoms with Gasteiger partial charge in [0.25, 0.3) is 0 Å². The first-order valence-electron chi connectivity index (χ1n) is 6.04. The van der Waals surface area contributed by atoms with Gasteiger partial charge in [-0.2, -0.15) is 0 Å². The van der Waals surface area contributed by atoms with Crippen molar-refractivity contribution in [3.63, 3.8) is 0 Å². The maximum atomic E-state index is 14.0. The van der Waals surface area contributed by atoms with E-state index in [1.54, 1.807) is 24.3 Å². The summed E-state index contributed by atoms with van der Waals surface area (Å²) in [5, 5.41) is 0.572. The van der Waals surface area contributed by atoms with E-state index in [9.17, 15) is 4.39 Å². The number of anilines is 2. The summed E-state index contributed by atoms with van der Waals surface area (Å²) in [7, 11) is 0. The summed E-state index contributed by atoms with van der Waals surface area (Å²) in [5.74, 6) is 0.0608. The summed E-state index contributed by atoms with van der Waals surface area (Å²) >= 11 is 12.2. The molecule has 1 nitrogen and oxygen atoms in total. The van der Waals surface area contributed by atoms with Crippen LogP contribution < -0.4 is 4.90 Å². The van der Waals surface area contributed by atoms with Gasteiger partial charge in [-0.25, -0.2) is 4.39 Å². The molecule has 2 aromatic rings. The van der Waals surface area contributed by atoms with Crippen LogP contribution in [-0.2, 0) is 5.88 Å². The van der Waals surface area contributed by atoms with Crippen molar-refractivity contribution in [2.45, 2.75) is 12.8 Å². The van der Waals surface area contributed by atoms with Crippen molar-refractivity contribution in [2.24, 2.45) is 0 Å². The van der Waals surface area contributed by atoms with E-state index in [0.717, 1.165) is 11.3 Å². The number of para-hydroxylation sites is 2. The summed E-state index contributed by atoms with van der Waals surface area (Å²) in [6.07, 6.45) is 0. The Morgan fingerprint density at radius 3 is 2.47 bits per heavy atom. The molecule has 0 unspecified atom stereocenters. The monoisotopic (exact) mass is 297 g/mol. The van der Waals surface area contributed by atoms with Crippen molar-refractivity contribution in [3.8, 4) is 0 Å². The number of halogens is 3. The highest BCUT2D eigenvalue weighted by Crippen LogP contribution is 2.36. The lowest BCUT2D eigenvalue weighted by atomic mass is 10.1. The fraction of sp³-hybridized carbons (Fsp3) is 0.200. The van der Waals surface area contributed by atoms with Gasteiger partial charge in [-0.15, -0.1) is 11.6 Å². The fourth-order valence-corrected chi connectivity index (χ4v) is 2.60. The molecule has 0 bridgehead atoms. The number of alkyl halides is 1. The number of nitrogens with zero attached hydrogens (tertiary/aromatic N) is 1. The van der Waals surface area contributed by atoms with Crippen molar-refractivity contribution in [3.05, 3.63) is 58.9 Å². The second-order valence-corrected chi connectivity index (χ2v) is 4.75. The second kappa shape index (κ2) is 6.27. The van der Waals surface area contributed by atoms with Gasteiger partial charge in [0.2, 0.25) is 0 Å². The Kier molecular flexibility index (Phi) is 4.67. The van der Waals surface area contributed by atoms with Gasteiger partial charge in [0, 0.05) is 12.4 Å². The fourth-order valence-electron chi connectivity index (χ4n) is 2.09. The summed E-state index contributed by atoms with van der Waals surface area (Å²) in [4.78, 5) is 1.84. The predicted molar refractivity (Wildman–Crippen MR) is 80.1 cm³/mol. The highest BCUT2D eigenvalue weighted by atomic mass is 35.5. The van der Waals surface area contributed by atoms with E-state index in [4.69, 9.17) is 23.2 Å². The SMILES string of the molecule is CCN(c1ccccc1F)c1c(Cl)cccc1CCl. The quantitative estimate of drug-likeness (QED) is 0.685. The Labute approximate surface area is 122 Å². The first-order valence-corrected chi connectivity index (χ1v) is 6.95. The highest BCUT2D eigenvalue weighted by Gasteiger charge is 2.17. The van der Waals surface area contributed by atoms with E-state index in [-0.39, 0.29) is 5.82 Å². The van der Waals surface area contributed by atoms with Crippen LogP contribution in [0.25, 0.3) is 0 Å². The molecule has 2 aromatic carbocycles. The van der Waals surface area contributed by atoms with Crippen LogP contribution in [0.15, 0.2) is 42.5 Å². The number of hydrogen-bond donors (Lipinski definition) is 0. The maximum absolute atomic E-state index is 14.0. The van der Waals surface area contributed by atoms with Crippen LogP contribution in [-0.4, -0.2) is 6.54 Å². The molecule has 2 rings (SSSR count). The van der Waals surface area contributed by atoms with Crippen LogP contribution >= 0.6 is 23.2 Å². The number of hydrogen-bond acceptors (Lipinski definition) is 1. The minimum atomic E-state index is -0.273. The smallest absolute Gasteiger partial charge is 0.146 e. The molecule has 0 heterocycles. The van der Waals surface area contributed by atoms with Gasteiger partial charge >= 0.3 is 0 Å². The molecule has 0 N–H and O–H groups in total. The molecule has 0 spiro atoms. The van der Waals surface area contributed by atoms with Gasteiger partial charge < -0.3 is 4.90 Å². The van der Waals surface area contributed by atoms with Gasteiger partial charge in [0.05, 0.1) is 16.4 Å². The number of rotatable bonds is 4. The van der Waals surface area contributed by atoms with Gasteiger partial charge in [0.1, 0.15) is 5.82 Å². The zero-order chi connectivity index (χ0) is 13.8. The summed E-state index contributed by atoms with van der Waals surface area (Å²) in [5.41, 5.74) is 2.16. The standard InChI is InChI=1S/C15H14Cl2FN/c1-2-19(14-9-4-3-8-13(14)18)15-11(10-16)6-5-7-12(15)17/h3-9H,2,10H2,1H3. The topological polar surface area (TPSA) is 3.24 Å². The molecule has 0 amide bonds. The third kappa shape index (κ3) is 2.85. The lowest BCUT2D eigenvalue weighted by Crippen LogP contribution is -2.19. The van der Waals surface area contributed by atoms with Gasteiger partial charge in [0.15, 0.2) is 0 Å². The zero-order valence-electron chi connectivity index (χ0n) is 10.5. The molecule has 0 aliphatic carbocycles. The molecule has 19 heavy (non-hydrogen) atoms. The Morgan fingerprint density at radius 2 is 1.84 bits per heavy atom. The Bertz CT molecular complexity index is 572. The minimum absolute atomic E-state index is 0.273. The lowest BCUT2D eigenvalue weighted by Gasteiger charge is -2.26. The minimum Gasteiger partial charge on any atom is -0.338 e. The van der Waals surface area contributed by atoms with Crippen molar-refractivity contribution in [2.75, 3.05) is 11.4 Å². The van der Waals surface area contributed by atoms with Gasteiger partial charge in [-0.1, -0.05) is 35.9 Å². The van der Waals surface area contributed by atoms with Gasteiger partial charge in [-0.3, -0.25) is 0 Å². The first kappa shape index (κ1) is 14.2. The van der Waals surface area contributed by atoms with Gasteiger partial charge in [-0.05, 0) is 30.7 Å². The average molecular weight is 298 g/mol. The van der Waals surface area contributed by atoms with Crippen molar-refractivity contribution < 1.29 is 4.39 Å². The highest BCUT2D eigenvalue weighted by molar-refractivity contribution is 6.33. The molecule has 0 aliphatic rings. The molecule has 0 saturated carbocycles. The molecule has 100 valence electrons. The summed E-state index contributed by atoms with van der Waals surface area (Å²) < 4.78 is 14.0. The van der Waals surface area contributed by atoms with E-state index >= 15 is 0 Å². The zero-order valence-corrected chi connectivity index (χ0v) is 12.0. The third-order valence-corrected chi connectivity index (χ3v) is 3.54. The summed E-state index contributed by atoms with van der Waals surface area (Å²) in [6.45, 7) is 2.56. The van der Waals surface area contributed by atoms with E-state index in [1.807, 2.05) is 24.0 Å². The molecule has 0 fully saturated rings. The molecule has 0 radical (unpaired) electrons. The third-order valence-electron chi connectivity index (χ3n) is 2.94. The molecule has 0 atom stereocenters. The molecule has 4 heteroatoms. The first-order chi connectivity index (χ1) is 9.19. The van der Waals surface area contributed by atoms with Crippen LogP contribution in [0.4, 0.5) is 15.8 Å². The van der Waals surface area contributed by atoms with Crippen LogP contribution in [0, 0.1) is 5.82 Å². The Morgan fingerprint density at radius 1 is 1.11 bits per heavy atom. The van der Waals surface area contributed by atoms with E-state index in [0.29, 0.717) is 23.1 Å². The second-order valence-electron chi connectivity index (χ2n) is 4.08. The predicted octanol–water partition coefficient (Wildman–Crippen LogP) is 5.38. The van der Waals surface area contributed by atoms with E-state index < -0.39 is 0 Å². The average Bonchev–Trinajstić information content (AvgIpc) is 2.43. The largest absolute Gasteiger partial charge is 0.338 e. The Balaban J connectivity index is 2.58.